The third-order valence-electron chi connectivity index (χ3n) is 2.38. The van der Waals surface area contributed by atoms with E-state index in [0.717, 1.165) is 12.8 Å². The maximum absolute atomic E-state index is 13.6. The highest BCUT2D eigenvalue weighted by Gasteiger charge is 2.27. The predicted molar refractivity (Wildman–Crippen MR) is 61.1 cm³/mol. The lowest BCUT2D eigenvalue weighted by Crippen LogP contribution is -2.26. The predicted octanol–water partition coefficient (Wildman–Crippen LogP) is 2.49. The van der Waals surface area contributed by atoms with Gasteiger partial charge in [-0.2, -0.15) is 0 Å². The van der Waals surface area contributed by atoms with E-state index < -0.39 is 11.7 Å². The number of nitrogens with one attached hydrogen (secondary N) is 1. The Morgan fingerprint density at radius 1 is 1.56 bits per heavy atom. The number of rotatable bonds is 3. The monoisotopic (exact) mass is 287 g/mol. The Bertz CT molecular complexity index is 432. The van der Waals surface area contributed by atoms with Crippen LogP contribution >= 0.6 is 15.9 Å². The van der Waals surface area contributed by atoms with Crippen molar-refractivity contribution in [2.24, 2.45) is 0 Å². The van der Waals surface area contributed by atoms with Gasteiger partial charge < -0.3 is 10.1 Å². The van der Waals surface area contributed by atoms with Crippen molar-refractivity contribution in [1.29, 1.82) is 0 Å². The molecule has 16 heavy (non-hydrogen) atoms. The molecule has 0 saturated heterocycles. The molecule has 1 saturated carbocycles. The molecule has 0 unspecified atom stereocenters. The molecule has 0 bridgehead atoms. The zero-order valence-electron chi connectivity index (χ0n) is 8.72. The summed E-state index contributed by atoms with van der Waals surface area (Å²) < 4.78 is 19.2. The SMILES string of the molecule is COc1cc(Br)cc(F)c1C(=O)NC1CC1. The lowest BCUT2D eigenvalue weighted by atomic mass is 10.1. The van der Waals surface area contributed by atoms with Gasteiger partial charge in [0.25, 0.3) is 5.91 Å². The van der Waals surface area contributed by atoms with Crippen molar-refractivity contribution in [2.45, 2.75) is 18.9 Å². The Labute approximate surface area is 101 Å². The molecule has 0 spiro atoms. The van der Waals surface area contributed by atoms with E-state index in [9.17, 15) is 9.18 Å². The van der Waals surface area contributed by atoms with E-state index in [0.29, 0.717) is 4.47 Å². The van der Waals surface area contributed by atoms with Crippen molar-refractivity contribution < 1.29 is 13.9 Å². The highest BCUT2D eigenvalue weighted by atomic mass is 79.9. The van der Waals surface area contributed by atoms with Crippen molar-refractivity contribution in [3.05, 3.63) is 28.0 Å². The van der Waals surface area contributed by atoms with Crippen LogP contribution < -0.4 is 10.1 Å². The molecule has 0 heterocycles. The molecule has 2 rings (SSSR count). The summed E-state index contributed by atoms with van der Waals surface area (Å²) in [5, 5.41) is 2.73. The summed E-state index contributed by atoms with van der Waals surface area (Å²) >= 11 is 3.15. The van der Waals surface area contributed by atoms with Gasteiger partial charge in [0.15, 0.2) is 0 Å². The van der Waals surface area contributed by atoms with E-state index in [4.69, 9.17) is 4.74 Å². The Morgan fingerprint density at radius 2 is 2.25 bits per heavy atom. The normalized spacial score (nSPS) is 14.7. The number of hydrogen-bond acceptors (Lipinski definition) is 2. The number of halogens is 2. The third-order valence-corrected chi connectivity index (χ3v) is 2.84. The van der Waals surface area contributed by atoms with E-state index >= 15 is 0 Å². The maximum atomic E-state index is 13.6. The molecular weight excluding hydrogens is 277 g/mol. The van der Waals surface area contributed by atoms with Crippen LogP contribution in [0.5, 0.6) is 5.75 Å². The largest absolute Gasteiger partial charge is 0.496 e. The van der Waals surface area contributed by atoms with Crippen LogP contribution in [0.1, 0.15) is 23.2 Å². The van der Waals surface area contributed by atoms with Crippen molar-refractivity contribution in [1.82, 2.24) is 5.32 Å². The second-order valence-corrected chi connectivity index (χ2v) is 4.63. The molecule has 0 aliphatic heterocycles. The first-order valence-electron chi connectivity index (χ1n) is 4.95. The molecule has 1 N–H and O–H groups in total. The number of ether oxygens (including phenoxy) is 1. The molecule has 0 aromatic heterocycles. The van der Waals surface area contributed by atoms with E-state index in [1.807, 2.05) is 0 Å². The molecule has 1 aromatic rings. The molecule has 0 atom stereocenters. The molecule has 3 nitrogen and oxygen atoms in total. The first kappa shape index (κ1) is 11.4. The van der Waals surface area contributed by atoms with Crippen molar-refractivity contribution in [3.63, 3.8) is 0 Å². The van der Waals surface area contributed by atoms with Gasteiger partial charge in [0.1, 0.15) is 17.1 Å². The molecular formula is C11H11BrFNO2. The molecule has 1 aromatic carbocycles. The van der Waals surface area contributed by atoms with Gasteiger partial charge >= 0.3 is 0 Å². The van der Waals surface area contributed by atoms with Crippen LogP contribution in [0.2, 0.25) is 0 Å². The quantitative estimate of drug-likeness (QED) is 0.928. The number of hydrogen-bond donors (Lipinski definition) is 1. The summed E-state index contributed by atoms with van der Waals surface area (Å²) in [5.74, 6) is -0.751. The summed E-state index contributed by atoms with van der Waals surface area (Å²) in [7, 11) is 1.41. The number of carbonyl (C=O) groups is 1. The van der Waals surface area contributed by atoms with Crippen LogP contribution in [-0.2, 0) is 0 Å². The molecule has 0 radical (unpaired) electrons. The van der Waals surface area contributed by atoms with Gasteiger partial charge in [0.2, 0.25) is 0 Å². The van der Waals surface area contributed by atoms with Gasteiger partial charge in [-0.3, -0.25) is 4.79 Å². The minimum atomic E-state index is -0.579. The maximum Gasteiger partial charge on any atom is 0.258 e. The number of amides is 1. The second-order valence-electron chi connectivity index (χ2n) is 3.71. The molecule has 5 heteroatoms. The van der Waals surface area contributed by atoms with Gasteiger partial charge in [-0.15, -0.1) is 0 Å². The average Bonchev–Trinajstić information content (AvgIpc) is 2.99. The number of methoxy groups -OCH3 is 1. The Morgan fingerprint density at radius 3 is 2.81 bits per heavy atom. The van der Waals surface area contributed by atoms with E-state index in [1.54, 1.807) is 6.07 Å². The van der Waals surface area contributed by atoms with Gasteiger partial charge in [0, 0.05) is 10.5 Å². The van der Waals surface area contributed by atoms with Crippen molar-refractivity contribution >= 4 is 21.8 Å². The van der Waals surface area contributed by atoms with Crippen LogP contribution in [0.4, 0.5) is 4.39 Å². The van der Waals surface area contributed by atoms with Gasteiger partial charge in [-0.05, 0) is 25.0 Å². The van der Waals surface area contributed by atoms with Crippen molar-refractivity contribution in [2.75, 3.05) is 7.11 Å². The smallest absolute Gasteiger partial charge is 0.258 e. The molecule has 1 aliphatic rings. The Kier molecular flexibility index (Phi) is 3.14. The Hall–Kier alpha value is -1.10. The van der Waals surface area contributed by atoms with Gasteiger partial charge in [0.05, 0.1) is 7.11 Å². The lowest BCUT2D eigenvalue weighted by Gasteiger charge is -2.10. The minimum Gasteiger partial charge on any atom is -0.496 e. The highest BCUT2D eigenvalue weighted by molar-refractivity contribution is 9.10. The van der Waals surface area contributed by atoms with Crippen LogP contribution in [0, 0.1) is 5.82 Å². The summed E-state index contributed by atoms with van der Waals surface area (Å²) in [6, 6.07) is 3.02. The zero-order chi connectivity index (χ0) is 11.7. The van der Waals surface area contributed by atoms with Crippen molar-refractivity contribution in [3.8, 4) is 5.75 Å². The minimum absolute atomic E-state index is 0.0300. The van der Waals surface area contributed by atoms with E-state index in [-0.39, 0.29) is 17.4 Å². The molecule has 1 aliphatic carbocycles. The number of carbonyl (C=O) groups excluding carboxylic acids is 1. The first-order chi connectivity index (χ1) is 7.61. The van der Waals surface area contributed by atoms with Crippen LogP contribution in [0.25, 0.3) is 0 Å². The topological polar surface area (TPSA) is 38.3 Å². The third kappa shape index (κ3) is 2.35. The van der Waals surface area contributed by atoms with E-state index in [1.165, 1.54) is 13.2 Å². The van der Waals surface area contributed by atoms with Gasteiger partial charge in [-0.1, -0.05) is 15.9 Å². The Balaban J connectivity index is 2.32. The lowest BCUT2D eigenvalue weighted by molar-refractivity contribution is 0.0943. The fourth-order valence-electron chi connectivity index (χ4n) is 1.42. The standard InChI is InChI=1S/C11H11BrFNO2/c1-16-9-5-6(12)4-8(13)10(9)11(15)14-7-2-3-7/h4-5,7H,2-3H2,1H3,(H,14,15). The fraction of sp³-hybridized carbons (Fsp3) is 0.364. The van der Waals surface area contributed by atoms with Crippen LogP contribution in [0.3, 0.4) is 0 Å². The highest BCUT2D eigenvalue weighted by Crippen LogP contribution is 2.28. The molecule has 1 fully saturated rings. The number of benzene rings is 1. The van der Waals surface area contributed by atoms with Gasteiger partial charge in [-0.25, -0.2) is 4.39 Å². The summed E-state index contributed by atoms with van der Waals surface area (Å²) in [6.45, 7) is 0. The molecule has 86 valence electrons. The van der Waals surface area contributed by atoms with E-state index in [2.05, 4.69) is 21.2 Å². The van der Waals surface area contributed by atoms with Crippen LogP contribution in [0.15, 0.2) is 16.6 Å². The first-order valence-corrected chi connectivity index (χ1v) is 5.75. The summed E-state index contributed by atoms with van der Waals surface area (Å²) in [6.07, 6.45) is 1.93. The second kappa shape index (κ2) is 4.41. The average molecular weight is 288 g/mol. The zero-order valence-corrected chi connectivity index (χ0v) is 10.3. The van der Waals surface area contributed by atoms with Crippen LogP contribution in [-0.4, -0.2) is 19.1 Å². The summed E-state index contributed by atoms with van der Waals surface area (Å²) in [4.78, 5) is 11.8. The fourth-order valence-corrected chi connectivity index (χ4v) is 1.83. The summed E-state index contributed by atoms with van der Waals surface area (Å²) in [5.41, 5.74) is -0.0300. The molecule has 1 amide bonds.